The number of carbonyl (C=O) groups is 1. The van der Waals surface area contributed by atoms with Crippen LogP contribution < -0.4 is 0 Å². The van der Waals surface area contributed by atoms with Crippen molar-refractivity contribution in [3.63, 3.8) is 0 Å². The van der Waals surface area contributed by atoms with Crippen LogP contribution in [-0.2, 0) is 4.79 Å². The van der Waals surface area contributed by atoms with Crippen molar-refractivity contribution in [1.82, 2.24) is 0 Å². The van der Waals surface area contributed by atoms with E-state index in [1.807, 2.05) is 0 Å². The first kappa shape index (κ1) is 8.76. The third-order valence-corrected chi connectivity index (χ3v) is 3.08. The summed E-state index contributed by atoms with van der Waals surface area (Å²) in [4.78, 5) is 11.1. The Hall–Kier alpha value is -0.330. The molecule has 3 atom stereocenters. The lowest BCUT2D eigenvalue weighted by Crippen LogP contribution is -2.12. The Morgan fingerprint density at radius 2 is 2.09 bits per heavy atom. The Kier molecular flexibility index (Phi) is 2.69. The highest BCUT2D eigenvalue weighted by Gasteiger charge is 2.32. The van der Waals surface area contributed by atoms with Crippen molar-refractivity contribution in [2.75, 3.05) is 0 Å². The molecule has 0 heterocycles. The SMILES string of the molecule is CC[C@H]1CC(C)[C@H](C(C)=O)C1. The van der Waals surface area contributed by atoms with Gasteiger partial charge in [-0.3, -0.25) is 4.79 Å². The zero-order valence-electron chi connectivity index (χ0n) is 7.76. The molecule has 0 aromatic carbocycles. The number of hydrogen-bond acceptors (Lipinski definition) is 1. The van der Waals surface area contributed by atoms with Crippen molar-refractivity contribution in [3.05, 3.63) is 0 Å². The summed E-state index contributed by atoms with van der Waals surface area (Å²) in [5.74, 6) is 2.23. The van der Waals surface area contributed by atoms with Crippen LogP contribution in [0.25, 0.3) is 0 Å². The van der Waals surface area contributed by atoms with E-state index in [0.29, 0.717) is 17.6 Å². The average molecular weight is 154 g/mol. The summed E-state index contributed by atoms with van der Waals surface area (Å²) in [5.41, 5.74) is 0. The molecule has 0 aliphatic heterocycles. The standard InChI is InChI=1S/C10H18O/c1-4-9-5-7(2)10(6-9)8(3)11/h7,9-10H,4-6H2,1-3H3/t7?,9-,10+/m0/s1. The first-order chi connectivity index (χ1) is 5.15. The summed E-state index contributed by atoms with van der Waals surface area (Å²) in [6.45, 7) is 6.17. The average Bonchev–Trinajstić information content (AvgIpc) is 2.30. The fraction of sp³-hybridized carbons (Fsp3) is 0.900. The quantitative estimate of drug-likeness (QED) is 0.597. The highest BCUT2D eigenvalue weighted by Crippen LogP contribution is 2.37. The molecular formula is C10H18O. The van der Waals surface area contributed by atoms with Gasteiger partial charge in [-0.1, -0.05) is 20.3 Å². The van der Waals surface area contributed by atoms with Gasteiger partial charge < -0.3 is 0 Å². The van der Waals surface area contributed by atoms with Gasteiger partial charge in [-0.25, -0.2) is 0 Å². The summed E-state index contributed by atoms with van der Waals surface area (Å²) in [5, 5.41) is 0. The van der Waals surface area contributed by atoms with E-state index in [-0.39, 0.29) is 0 Å². The second-order valence-corrected chi connectivity index (χ2v) is 3.94. The Morgan fingerprint density at radius 3 is 2.36 bits per heavy atom. The van der Waals surface area contributed by atoms with Crippen LogP contribution in [0.1, 0.15) is 40.0 Å². The summed E-state index contributed by atoms with van der Waals surface area (Å²) in [7, 11) is 0. The largest absolute Gasteiger partial charge is 0.300 e. The predicted octanol–water partition coefficient (Wildman–Crippen LogP) is 2.65. The van der Waals surface area contributed by atoms with E-state index in [1.54, 1.807) is 6.92 Å². The van der Waals surface area contributed by atoms with Crippen LogP contribution in [-0.4, -0.2) is 5.78 Å². The van der Waals surface area contributed by atoms with Crippen molar-refractivity contribution in [3.8, 4) is 0 Å². The summed E-state index contributed by atoms with van der Waals surface area (Å²) >= 11 is 0. The molecule has 1 nitrogen and oxygen atoms in total. The van der Waals surface area contributed by atoms with Gasteiger partial charge in [-0.05, 0) is 31.6 Å². The molecule has 0 aromatic rings. The molecular weight excluding hydrogens is 136 g/mol. The normalized spacial score (nSPS) is 37.5. The van der Waals surface area contributed by atoms with Crippen molar-refractivity contribution in [2.45, 2.75) is 40.0 Å². The number of ketones is 1. The first-order valence-corrected chi connectivity index (χ1v) is 4.65. The van der Waals surface area contributed by atoms with Crippen molar-refractivity contribution in [1.29, 1.82) is 0 Å². The topological polar surface area (TPSA) is 17.1 Å². The molecule has 1 fully saturated rings. The van der Waals surface area contributed by atoms with E-state index in [9.17, 15) is 4.79 Å². The smallest absolute Gasteiger partial charge is 0.133 e. The molecule has 0 N–H and O–H groups in total. The van der Waals surface area contributed by atoms with Crippen molar-refractivity contribution < 1.29 is 4.79 Å². The van der Waals surface area contributed by atoms with Crippen LogP contribution in [0, 0.1) is 17.8 Å². The van der Waals surface area contributed by atoms with E-state index >= 15 is 0 Å². The second-order valence-electron chi connectivity index (χ2n) is 3.94. The molecule has 11 heavy (non-hydrogen) atoms. The minimum atomic E-state index is 0.375. The molecule has 64 valence electrons. The van der Waals surface area contributed by atoms with Gasteiger partial charge in [0.15, 0.2) is 0 Å². The zero-order chi connectivity index (χ0) is 8.43. The highest BCUT2D eigenvalue weighted by molar-refractivity contribution is 5.78. The number of carbonyl (C=O) groups excluding carboxylic acids is 1. The molecule has 1 saturated carbocycles. The van der Waals surface area contributed by atoms with Gasteiger partial charge in [0.05, 0.1) is 0 Å². The lowest BCUT2D eigenvalue weighted by Gasteiger charge is -2.09. The predicted molar refractivity (Wildman–Crippen MR) is 46.4 cm³/mol. The lowest BCUT2D eigenvalue weighted by molar-refractivity contribution is -0.121. The molecule has 1 aliphatic carbocycles. The lowest BCUT2D eigenvalue weighted by atomic mass is 9.95. The second kappa shape index (κ2) is 3.38. The van der Waals surface area contributed by atoms with Crippen molar-refractivity contribution in [2.24, 2.45) is 17.8 Å². The summed E-state index contributed by atoms with van der Waals surface area (Å²) < 4.78 is 0. The Bertz CT molecular complexity index is 151. The van der Waals surface area contributed by atoms with Crippen molar-refractivity contribution >= 4 is 5.78 Å². The van der Waals surface area contributed by atoms with E-state index < -0.39 is 0 Å². The molecule has 1 rings (SSSR count). The third-order valence-electron chi connectivity index (χ3n) is 3.08. The Balaban J connectivity index is 2.51. The van der Waals surface area contributed by atoms with Gasteiger partial charge in [-0.2, -0.15) is 0 Å². The molecule has 0 bridgehead atoms. The van der Waals surface area contributed by atoms with E-state index in [1.165, 1.54) is 12.8 Å². The van der Waals surface area contributed by atoms with Crippen LogP contribution >= 0.6 is 0 Å². The molecule has 0 amide bonds. The number of rotatable bonds is 2. The minimum Gasteiger partial charge on any atom is -0.300 e. The number of hydrogen-bond donors (Lipinski definition) is 0. The summed E-state index contributed by atoms with van der Waals surface area (Å²) in [6, 6.07) is 0. The molecule has 0 saturated heterocycles. The zero-order valence-corrected chi connectivity index (χ0v) is 7.76. The van der Waals surface area contributed by atoms with Gasteiger partial charge >= 0.3 is 0 Å². The maximum atomic E-state index is 11.1. The molecule has 0 aromatic heterocycles. The minimum absolute atomic E-state index is 0.375. The van der Waals surface area contributed by atoms with Crippen LogP contribution in [0.2, 0.25) is 0 Å². The van der Waals surface area contributed by atoms with Gasteiger partial charge in [0.25, 0.3) is 0 Å². The Labute approximate surface area is 69.2 Å². The molecule has 1 heteroatoms. The van der Waals surface area contributed by atoms with Crippen LogP contribution in [0.4, 0.5) is 0 Å². The first-order valence-electron chi connectivity index (χ1n) is 4.65. The third kappa shape index (κ3) is 1.82. The maximum Gasteiger partial charge on any atom is 0.133 e. The number of Topliss-reactive ketones (excluding diaryl/α,β-unsaturated/α-hetero) is 1. The van der Waals surface area contributed by atoms with Crippen LogP contribution in [0.3, 0.4) is 0 Å². The van der Waals surface area contributed by atoms with Crippen LogP contribution in [0.15, 0.2) is 0 Å². The van der Waals surface area contributed by atoms with E-state index in [0.717, 1.165) is 12.3 Å². The molecule has 1 unspecified atom stereocenters. The van der Waals surface area contributed by atoms with Crippen LogP contribution in [0.5, 0.6) is 0 Å². The Morgan fingerprint density at radius 1 is 1.45 bits per heavy atom. The van der Waals surface area contributed by atoms with Gasteiger partial charge in [-0.15, -0.1) is 0 Å². The molecule has 1 aliphatic rings. The maximum absolute atomic E-state index is 11.1. The fourth-order valence-corrected chi connectivity index (χ4v) is 2.28. The monoisotopic (exact) mass is 154 g/mol. The van der Waals surface area contributed by atoms with Gasteiger partial charge in [0.2, 0.25) is 0 Å². The van der Waals surface area contributed by atoms with E-state index in [4.69, 9.17) is 0 Å². The summed E-state index contributed by atoms with van der Waals surface area (Å²) in [6.07, 6.45) is 3.65. The van der Waals surface area contributed by atoms with Gasteiger partial charge in [0.1, 0.15) is 5.78 Å². The highest BCUT2D eigenvalue weighted by atomic mass is 16.1. The van der Waals surface area contributed by atoms with Gasteiger partial charge in [0, 0.05) is 5.92 Å². The molecule has 0 radical (unpaired) electrons. The fourth-order valence-electron chi connectivity index (χ4n) is 2.28. The molecule has 0 spiro atoms. The van der Waals surface area contributed by atoms with E-state index in [2.05, 4.69) is 13.8 Å².